The quantitative estimate of drug-likeness (QED) is 0.861. The molecule has 0 aliphatic rings. The Labute approximate surface area is 97.5 Å². The molecule has 1 N–H and O–H groups in total. The van der Waals surface area contributed by atoms with Crippen LogP contribution in [-0.2, 0) is 6.42 Å². The summed E-state index contributed by atoms with van der Waals surface area (Å²) in [5.74, 6) is -0.432. The van der Waals surface area contributed by atoms with E-state index >= 15 is 0 Å². The third-order valence-corrected chi connectivity index (χ3v) is 2.76. The van der Waals surface area contributed by atoms with E-state index in [4.69, 9.17) is 5.26 Å². The molecule has 86 valence electrons. The molecule has 1 aromatic heterocycles. The number of nitrogens with zero attached hydrogens (tertiary/aromatic N) is 1. The summed E-state index contributed by atoms with van der Waals surface area (Å²) in [5.41, 5.74) is 1.73. The first-order valence-corrected chi connectivity index (χ1v) is 5.31. The van der Waals surface area contributed by atoms with Crippen LogP contribution < -0.4 is 5.43 Å². The van der Waals surface area contributed by atoms with Crippen LogP contribution in [0.2, 0.25) is 0 Å². The predicted molar refractivity (Wildman–Crippen MR) is 63.2 cm³/mol. The van der Waals surface area contributed by atoms with Crippen molar-refractivity contribution in [3.05, 3.63) is 45.5 Å². The van der Waals surface area contributed by atoms with Crippen molar-refractivity contribution in [1.29, 1.82) is 5.26 Å². The lowest BCUT2D eigenvalue weighted by Gasteiger charge is -2.06. The van der Waals surface area contributed by atoms with E-state index < -0.39 is 5.82 Å². The molecule has 0 unspecified atom stereocenters. The summed E-state index contributed by atoms with van der Waals surface area (Å²) >= 11 is 0. The number of aryl methyl sites for hydroxylation is 1. The van der Waals surface area contributed by atoms with Crippen molar-refractivity contribution in [2.45, 2.75) is 19.8 Å². The summed E-state index contributed by atoms with van der Waals surface area (Å²) in [7, 11) is 0. The smallest absolute Gasteiger partial charge is 0.192 e. The van der Waals surface area contributed by atoms with Crippen molar-refractivity contribution in [1.82, 2.24) is 4.98 Å². The number of H-pyrrole nitrogens is 1. The standard InChI is InChI=1S/C13H11FN2O/c1-8-10(3-2-6-15)13(17)11-7-9(14)4-5-12(11)16-8/h4-5,7H,2-3H2,1H3,(H,16,17). The largest absolute Gasteiger partial charge is 0.358 e. The minimum Gasteiger partial charge on any atom is -0.358 e. The van der Waals surface area contributed by atoms with E-state index in [0.717, 1.165) is 5.69 Å². The summed E-state index contributed by atoms with van der Waals surface area (Å²) in [4.78, 5) is 15.2. The number of fused-ring (bicyclic) bond motifs is 1. The number of nitrogens with one attached hydrogen (secondary N) is 1. The first-order chi connectivity index (χ1) is 8.13. The van der Waals surface area contributed by atoms with Crippen LogP contribution in [0, 0.1) is 24.1 Å². The minimum absolute atomic E-state index is 0.189. The van der Waals surface area contributed by atoms with E-state index in [0.29, 0.717) is 22.9 Å². The van der Waals surface area contributed by atoms with Gasteiger partial charge in [-0.05, 0) is 31.5 Å². The maximum Gasteiger partial charge on any atom is 0.192 e. The first-order valence-electron chi connectivity index (χ1n) is 5.31. The van der Waals surface area contributed by atoms with E-state index in [1.165, 1.54) is 12.1 Å². The fourth-order valence-corrected chi connectivity index (χ4v) is 1.91. The molecular formula is C13H11FN2O. The van der Waals surface area contributed by atoms with Gasteiger partial charge in [0.05, 0.1) is 6.07 Å². The van der Waals surface area contributed by atoms with Gasteiger partial charge in [0.1, 0.15) is 5.82 Å². The monoisotopic (exact) mass is 230 g/mol. The Hall–Kier alpha value is -2.15. The molecule has 4 heteroatoms. The predicted octanol–water partition coefficient (Wildman–Crippen LogP) is 2.43. The fourth-order valence-electron chi connectivity index (χ4n) is 1.91. The highest BCUT2D eigenvalue weighted by atomic mass is 19.1. The van der Waals surface area contributed by atoms with Crippen LogP contribution in [0.15, 0.2) is 23.0 Å². The molecule has 0 aliphatic carbocycles. The fraction of sp³-hybridized carbons (Fsp3) is 0.231. The van der Waals surface area contributed by atoms with Crippen molar-refractivity contribution >= 4 is 10.9 Å². The maximum atomic E-state index is 13.1. The van der Waals surface area contributed by atoms with Crippen LogP contribution in [-0.4, -0.2) is 4.98 Å². The van der Waals surface area contributed by atoms with Crippen molar-refractivity contribution in [2.24, 2.45) is 0 Å². The Bertz CT molecular complexity index is 667. The minimum atomic E-state index is -0.432. The highest BCUT2D eigenvalue weighted by molar-refractivity contribution is 5.79. The zero-order valence-electron chi connectivity index (χ0n) is 9.38. The molecule has 17 heavy (non-hydrogen) atoms. The lowest BCUT2D eigenvalue weighted by molar-refractivity contribution is 0.629. The number of nitriles is 1. The Morgan fingerprint density at radius 3 is 2.94 bits per heavy atom. The number of aromatic amines is 1. The van der Waals surface area contributed by atoms with Gasteiger partial charge in [0.15, 0.2) is 5.43 Å². The summed E-state index contributed by atoms with van der Waals surface area (Å²) in [6.45, 7) is 1.79. The van der Waals surface area contributed by atoms with Crippen LogP contribution in [0.3, 0.4) is 0 Å². The number of hydrogen-bond acceptors (Lipinski definition) is 2. The molecule has 0 atom stereocenters. The van der Waals surface area contributed by atoms with Gasteiger partial charge in [0.2, 0.25) is 0 Å². The van der Waals surface area contributed by atoms with Crippen molar-refractivity contribution < 1.29 is 4.39 Å². The van der Waals surface area contributed by atoms with Crippen LogP contribution in [0.1, 0.15) is 17.7 Å². The number of halogens is 1. The average Bonchev–Trinajstić information content (AvgIpc) is 2.30. The summed E-state index contributed by atoms with van der Waals surface area (Å²) in [5, 5.41) is 8.88. The molecule has 0 saturated heterocycles. The van der Waals surface area contributed by atoms with Gasteiger partial charge < -0.3 is 4.98 Å². The number of pyridine rings is 1. The summed E-state index contributed by atoms with van der Waals surface area (Å²) in [6.07, 6.45) is 0.675. The number of benzene rings is 1. The lowest BCUT2D eigenvalue weighted by Crippen LogP contribution is -2.13. The van der Waals surface area contributed by atoms with Gasteiger partial charge in [-0.15, -0.1) is 0 Å². The molecule has 0 fully saturated rings. The van der Waals surface area contributed by atoms with Crippen LogP contribution >= 0.6 is 0 Å². The zero-order chi connectivity index (χ0) is 12.4. The molecule has 0 saturated carbocycles. The molecule has 0 radical (unpaired) electrons. The average molecular weight is 230 g/mol. The Balaban J connectivity index is 2.70. The van der Waals surface area contributed by atoms with Gasteiger partial charge in [-0.1, -0.05) is 0 Å². The SMILES string of the molecule is Cc1[nH]c2ccc(F)cc2c(=O)c1CCC#N. The van der Waals surface area contributed by atoms with Crippen molar-refractivity contribution in [3.8, 4) is 6.07 Å². The van der Waals surface area contributed by atoms with Gasteiger partial charge in [-0.2, -0.15) is 5.26 Å². The van der Waals surface area contributed by atoms with Gasteiger partial charge >= 0.3 is 0 Å². The molecule has 1 aromatic carbocycles. The Kier molecular flexibility index (Phi) is 2.92. The van der Waals surface area contributed by atoms with Crippen molar-refractivity contribution in [3.63, 3.8) is 0 Å². The zero-order valence-corrected chi connectivity index (χ0v) is 9.38. The van der Waals surface area contributed by atoms with Gasteiger partial charge in [0.25, 0.3) is 0 Å². The van der Waals surface area contributed by atoms with Crippen LogP contribution in [0.5, 0.6) is 0 Å². The number of aromatic nitrogens is 1. The third-order valence-electron chi connectivity index (χ3n) is 2.76. The molecule has 1 heterocycles. The van der Waals surface area contributed by atoms with Crippen LogP contribution in [0.25, 0.3) is 10.9 Å². The van der Waals surface area contributed by atoms with E-state index in [2.05, 4.69) is 4.98 Å². The second kappa shape index (κ2) is 4.38. The molecule has 0 spiro atoms. The molecular weight excluding hydrogens is 219 g/mol. The van der Waals surface area contributed by atoms with E-state index in [1.54, 1.807) is 13.0 Å². The molecule has 3 nitrogen and oxygen atoms in total. The highest BCUT2D eigenvalue weighted by Gasteiger charge is 2.09. The summed E-state index contributed by atoms with van der Waals surface area (Å²) < 4.78 is 13.1. The normalized spacial score (nSPS) is 10.4. The van der Waals surface area contributed by atoms with Gasteiger partial charge in [0, 0.05) is 28.6 Å². The Morgan fingerprint density at radius 2 is 2.24 bits per heavy atom. The van der Waals surface area contributed by atoms with E-state index in [1.807, 2.05) is 6.07 Å². The van der Waals surface area contributed by atoms with Gasteiger partial charge in [-0.3, -0.25) is 4.79 Å². The Morgan fingerprint density at radius 1 is 1.47 bits per heavy atom. The number of rotatable bonds is 2. The second-order valence-corrected chi connectivity index (χ2v) is 3.91. The molecule has 0 amide bonds. The number of hydrogen-bond donors (Lipinski definition) is 1. The van der Waals surface area contributed by atoms with Crippen molar-refractivity contribution in [2.75, 3.05) is 0 Å². The van der Waals surface area contributed by atoms with E-state index in [9.17, 15) is 9.18 Å². The maximum absolute atomic E-state index is 13.1. The van der Waals surface area contributed by atoms with Gasteiger partial charge in [-0.25, -0.2) is 4.39 Å². The lowest BCUT2D eigenvalue weighted by atomic mass is 10.0. The molecule has 0 aliphatic heterocycles. The third kappa shape index (κ3) is 2.04. The molecule has 0 bridgehead atoms. The summed E-state index contributed by atoms with van der Waals surface area (Å²) in [6, 6.07) is 6.09. The molecule has 2 rings (SSSR count). The topological polar surface area (TPSA) is 56.6 Å². The first kappa shape index (κ1) is 11.3. The highest BCUT2D eigenvalue weighted by Crippen LogP contribution is 2.13. The van der Waals surface area contributed by atoms with E-state index in [-0.39, 0.29) is 11.8 Å². The second-order valence-electron chi connectivity index (χ2n) is 3.91. The van der Waals surface area contributed by atoms with Crippen LogP contribution in [0.4, 0.5) is 4.39 Å². The molecule has 2 aromatic rings.